The molecule has 0 amide bonds. The number of alkyl halides is 3. The molecular weight excluding hydrogens is 285 g/mol. The number of benzene rings is 1. The van der Waals surface area contributed by atoms with E-state index in [1.807, 2.05) is 6.92 Å². The second kappa shape index (κ2) is 6.57. The molecule has 0 aliphatic heterocycles. The van der Waals surface area contributed by atoms with Crippen LogP contribution in [0.4, 0.5) is 13.2 Å². The molecule has 114 valence electrons. The quantitative estimate of drug-likeness (QED) is 0.889. The van der Waals surface area contributed by atoms with Crippen molar-refractivity contribution in [3.8, 4) is 5.75 Å². The van der Waals surface area contributed by atoms with Crippen LogP contribution in [-0.4, -0.2) is 27.7 Å². The van der Waals surface area contributed by atoms with Gasteiger partial charge < -0.3 is 10.1 Å². The third-order valence-electron chi connectivity index (χ3n) is 2.72. The van der Waals surface area contributed by atoms with Crippen LogP contribution < -0.4 is 10.1 Å². The van der Waals surface area contributed by atoms with Gasteiger partial charge in [0, 0.05) is 0 Å². The smallest absolute Gasteiger partial charge is 0.406 e. The fraction of sp³-hybridized carbons (Fsp3) is 0.385. The predicted octanol–water partition coefficient (Wildman–Crippen LogP) is 2.33. The van der Waals surface area contributed by atoms with Gasteiger partial charge in [-0.25, -0.2) is 9.67 Å². The fourth-order valence-electron chi connectivity index (χ4n) is 1.76. The molecule has 1 heterocycles. The van der Waals surface area contributed by atoms with Crippen molar-refractivity contribution in [2.45, 2.75) is 26.4 Å². The minimum atomic E-state index is -4.67. The highest BCUT2D eigenvalue weighted by molar-refractivity contribution is 5.27. The number of nitrogens with one attached hydrogen (secondary N) is 1. The average Bonchev–Trinajstić information content (AvgIpc) is 2.84. The largest absolute Gasteiger partial charge is 0.573 e. The molecule has 0 saturated heterocycles. The van der Waals surface area contributed by atoms with Crippen molar-refractivity contribution in [2.24, 2.45) is 0 Å². The van der Waals surface area contributed by atoms with Crippen LogP contribution in [-0.2, 0) is 13.1 Å². The van der Waals surface area contributed by atoms with Gasteiger partial charge in [-0.15, -0.1) is 13.2 Å². The highest BCUT2D eigenvalue weighted by atomic mass is 19.4. The van der Waals surface area contributed by atoms with E-state index in [1.54, 1.807) is 16.8 Å². The van der Waals surface area contributed by atoms with Gasteiger partial charge in [0.2, 0.25) is 0 Å². The molecule has 1 N–H and O–H groups in total. The molecule has 0 saturated carbocycles. The Morgan fingerprint density at radius 3 is 2.57 bits per heavy atom. The first-order valence-corrected chi connectivity index (χ1v) is 6.40. The average molecular weight is 300 g/mol. The SMILES string of the molecule is CCNCc1ncnn1Cc1ccc(OC(F)(F)F)cc1. The monoisotopic (exact) mass is 300 g/mol. The van der Waals surface area contributed by atoms with Crippen LogP contribution in [0.15, 0.2) is 30.6 Å². The Morgan fingerprint density at radius 1 is 1.24 bits per heavy atom. The molecule has 5 nitrogen and oxygen atoms in total. The number of hydrogen-bond acceptors (Lipinski definition) is 4. The first-order valence-electron chi connectivity index (χ1n) is 6.40. The van der Waals surface area contributed by atoms with Crippen molar-refractivity contribution in [2.75, 3.05) is 6.54 Å². The zero-order valence-electron chi connectivity index (χ0n) is 11.4. The van der Waals surface area contributed by atoms with Crippen LogP contribution in [0.1, 0.15) is 18.3 Å². The lowest BCUT2D eigenvalue weighted by molar-refractivity contribution is -0.274. The van der Waals surface area contributed by atoms with Crippen LogP contribution in [0.5, 0.6) is 5.75 Å². The molecular formula is C13H15F3N4O. The van der Waals surface area contributed by atoms with Gasteiger partial charge in [-0.3, -0.25) is 0 Å². The standard InChI is InChI=1S/C13H15F3N4O/c1-2-17-7-12-18-9-19-20(12)8-10-3-5-11(6-4-10)21-13(14,15)16/h3-6,9,17H,2,7-8H2,1H3. The van der Waals surface area contributed by atoms with Gasteiger partial charge in [-0.2, -0.15) is 5.10 Å². The Hall–Kier alpha value is -2.09. The molecule has 1 aromatic carbocycles. The molecule has 2 rings (SSSR count). The first kappa shape index (κ1) is 15.3. The summed E-state index contributed by atoms with van der Waals surface area (Å²) in [6.07, 6.45) is -3.22. The second-order valence-corrected chi connectivity index (χ2v) is 4.31. The molecule has 0 aliphatic carbocycles. The molecule has 0 spiro atoms. The number of nitrogens with zero attached hydrogens (tertiary/aromatic N) is 3. The number of ether oxygens (including phenoxy) is 1. The van der Waals surface area contributed by atoms with E-state index in [0.717, 1.165) is 17.9 Å². The van der Waals surface area contributed by atoms with Crippen molar-refractivity contribution in [1.82, 2.24) is 20.1 Å². The van der Waals surface area contributed by atoms with E-state index in [1.165, 1.54) is 18.5 Å². The summed E-state index contributed by atoms with van der Waals surface area (Å²) in [5, 5.41) is 7.24. The van der Waals surface area contributed by atoms with Crippen molar-refractivity contribution in [3.05, 3.63) is 42.0 Å². The van der Waals surface area contributed by atoms with Crippen LogP contribution in [0.25, 0.3) is 0 Å². The molecule has 8 heteroatoms. The molecule has 0 bridgehead atoms. The number of aromatic nitrogens is 3. The Kier molecular flexibility index (Phi) is 4.79. The van der Waals surface area contributed by atoms with Gasteiger partial charge in [0.15, 0.2) is 0 Å². The topological polar surface area (TPSA) is 52.0 Å². The molecule has 0 fully saturated rings. The summed E-state index contributed by atoms with van der Waals surface area (Å²) in [4.78, 5) is 4.13. The van der Waals surface area contributed by atoms with E-state index in [0.29, 0.717) is 13.1 Å². The van der Waals surface area contributed by atoms with Gasteiger partial charge in [-0.05, 0) is 24.2 Å². The van der Waals surface area contributed by atoms with Crippen molar-refractivity contribution in [3.63, 3.8) is 0 Å². The van der Waals surface area contributed by atoms with Gasteiger partial charge in [0.05, 0.1) is 13.1 Å². The summed E-state index contributed by atoms with van der Waals surface area (Å²) in [6, 6.07) is 5.70. The highest BCUT2D eigenvalue weighted by Crippen LogP contribution is 2.22. The molecule has 1 aromatic heterocycles. The zero-order valence-corrected chi connectivity index (χ0v) is 11.4. The number of hydrogen-bond donors (Lipinski definition) is 1. The van der Waals surface area contributed by atoms with E-state index >= 15 is 0 Å². The normalized spacial score (nSPS) is 11.6. The van der Waals surface area contributed by atoms with Crippen molar-refractivity contribution < 1.29 is 17.9 Å². The second-order valence-electron chi connectivity index (χ2n) is 4.31. The maximum atomic E-state index is 12.1. The first-order chi connectivity index (χ1) is 9.98. The van der Waals surface area contributed by atoms with Gasteiger partial charge >= 0.3 is 6.36 Å². The predicted molar refractivity (Wildman–Crippen MR) is 69.6 cm³/mol. The lowest BCUT2D eigenvalue weighted by atomic mass is 10.2. The Labute approximate surface area is 119 Å². The third-order valence-corrected chi connectivity index (χ3v) is 2.72. The summed E-state index contributed by atoms with van der Waals surface area (Å²) in [5.74, 6) is 0.533. The van der Waals surface area contributed by atoms with E-state index in [4.69, 9.17) is 0 Å². The maximum absolute atomic E-state index is 12.1. The minimum absolute atomic E-state index is 0.238. The minimum Gasteiger partial charge on any atom is -0.406 e. The lowest BCUT2D eigenvalue weighted by Gasteiger charge is -2.10. The fourth-order valence-corrected chi connectivity index (χ4v) is 1.76. The lowest BCUT2D eigenvalue weighted by Crippen LogP contribution is -2.18. The number of rotatable bonds is 6. The molecule has 0 unspecified atom stereocenters. The van der Waals surface area contributed by atoms with E-state index in [2.05, 4.69) is 20.1 Å². The van der Waals surface area contributed by atoms with Crippen molar-refractivity contribution in [1.29, 1.82) is 0 Å². The summed E-state index contributed by atoms with van der Waals surface area (Å²) < 4.78 is 41.7. The Morgan fingerprint density at radius 2 is 1.95 bits per heavy atom. The van der Waals surface area contributed by atoms with Gasteiger partial charge in [-0.1, -0.05) is 19.1 Å². The summed E-state index contributed by atoms with van der Waals surface area (Å²) in [5.41, 5.74) is 0.813. The summed E-state index contributed by atoms with van der Waals surface area (Å²) >= 11 is 0. The van der Waals surface area contributed by atoms with Crippen LogP contribution >= 0.6 is 0 Å². The van der Waals surface area contributed by atoms with Crippen LogP contribution in [0, 0.1) is 0 Å². The molecule has 0 atom stereocenters. The summed E-state index contributed by atoms with van der Waals surface area (Å²) in [7, 11) is 0. The highest BCUT2D eigenvalue weighted by Gasteiger charge is 2.30. The maximum Gasteiger partial charge on any atom is 0.573 e. The van der Waals surface area contributed by atoms with Crippen molar-refractivity contribution >= 4 is 0 Å². The van der Waals surface area contributed by atoms with E-state index in [9.17, 15) is 13.2 Å². The third kappa shape index (κ3) is 4.75. The van der Waals surface area contributed by atoms with E-state index < -0.39 is 6.36 Å². The van der Waals surface area contributed by atoms with Crippen LogP contribution in [0.2, 0.25) is 0 Å². The Bertz CT molecular complexity index is 566. The summed E-state index contributed by atoms with van der Waals surface area (Å²) in [6.45, 7) is 3.83. The van der Waals surface area contributed by atoms with E-state index in [-0.39, 0.29) is 5.75 Å². The zero-order chi connectivity index (χ0) is 15.3. The molecule has 21 heavy (non-hydrogen) atoms. The molecule has 0 aliphatic rings. The van der Waals surface area contributed by atoms with Gasteiger partial charge in [0.1, 0.15) is 17.9 Å². The molecule has 2 aromatic rings. The van der Waals surface area contributed by atoms with Crippen LogP contribution in [0.3, 0.4) is 0 Å². The number of halogens is 3. The molecule has 0 radical (unpaired) electrons. The van der Waals surface area contributed by atoms with Gasteiger partial charge in [0.25, 0.3) is 0 Å². The Balaban J connectivity index is 2.02.